The molecular weight excluding hydrogens is 925 g/mol. The Morgan fingerprint density at radius 3 is 0.867 bits per heavy atom. The number of unbranched alkanes of at least 4 members (excludes halogenated alkanes) is 9. The molecule has 0 amide bonds. The summed E-state index contributed by atoms with van der Waals surface area (Å²) in [5, 5.41) is 0. The molecule has 0 saturated carbocycles. The third-order valence-electron chi connectivity index (χ3n) is 11.4. The smallest absolute Gasteiger partial charge is 0.306 e. The highest BCUT2D eigenvalue weighted by molar-refractivity contribution is 5.71. The van der Waals surface area contributed by atoms with Crippen molar-refractivity contribution in [1.29, 1.82) is 0 Å². The summed E-state index contributed by atoms with van der Waals surface area (Å²) in [7, 11) is 0. The van der Waals surface area contributed by atoms with Crippen molar-refractivity contribution in [3.05, 3.63) is 182 Å². The van der Waals surface area contributed by atoms with E-state index in [-0.39, 0.29) is 38.4 Å². The van der Waals surface area contributed by atoms with E-state index in [0.29, 0.717) is 19.3 Å². The minimum atomic E-state index is -0.874. The van der Waals surface area contributed by atoms with E-state index in [1.165, 1.54) is 51.4 Å². The highest BCUT2D eigenvalue weighted by atomic mass is 16.6. The van der Waals surface area contributed by atoms with Gasteiger partial charge in [-0.05, 0) is 141 Å². The molecular formula is C69H104O6. The number of allylic oxidation sites excluding steroid dienone is 30. The van der Waals surface area contributed by atoms with Crippen LogP contribution >= 0.6 is 0 Å². The van der Waals surface area contributed by atoms with Crippen LogP contribution in [-0.2, 0) is 28.6 Å². The van der Waals surface area contributed by atoms with Gasteiger partial charge in [-0.1, -0.05) is 235 Å². The number of hydrogen-bond acceptors (Lipinski definition) is 6. The molecule has 0 aromatic heterocycles. The van der Waals surface area contributed by atoms with Crippen molar-refractivity contribution in [3.63, 3.8) is 0 Å². The van der Waals surface area contributed by atoms with Crippen LogP contribution in [-0.4, -0.2) is 37.2 Å². The highest BCUT2D eigenvalue weighted by Gasteiger charge is 2.19. The molecule has 6 nitrogen and oxygen atoms in total. The van der Waals surface area contributed by atoms with E-state index in [9.17, 15) is 14.4 Å². The Morgan fingerprint density at radius 1 is 0.280 bits per heavy atom. The molecule has 0 aliphatic heterocycles. The Bertz CT molecular complexity index is 1800. The van der Waals surface area contributed by atoms with Gasteiger partial charge < -0.3 is 14.2 Å². The molecule has 0 bridgehead atoms. The van der Waals surface area contributed by atoms with E-state index < -0.39 is 18.0 Å². The van der Waals surface area contributed by atoms with E-state index in [1.807, 2.05) is 24.3 Å². The first kappa shape index (κ1) is 69.5. The quantitative estimate of drug-likeness (QED) is 0.0261. The summed E-state index contributed by atoms with van der Waals surface area (Å²) < 4.78 is 16.7. The molecule has 0 aromatic rings. The number of rotatable bonds is 50. The van der Waals surface area contributed by atoms with Gasteiger partial charge in [0.2, 0.25) is 0 Å². The van der Waals surface area contributed by atoms with Crippen molar-refractivity contribution < 1.29 is 28.6 Å². The average molecular weight is 1030 g/mol. The van der Waals surface area contributed by atoms with E-state index in [1.54, 1.807) is 0 Å². The van der Waals surface area contributed by atoms with Gasteiger partial charge in [0.05, 0.1) is 0 Å². The number of hydrogen-bond donors (Lipinski definition) is 0. The zero-order valence-electron chi connectivity index (χ0n) is 47.5. The second-order valence-electron chi connectivity index (χ2n) is 18.5. The lowest BCUT2D eigenvalue weighted by Gasteiger charge is -2.18. The molecule has 0 aliphatic rings. The van der Waals surface area contributed by atoms with Crippen LogP contribution in [0.15, 0.2) is 182 Å². The van der Waals surface area contributed by atoms with Gasteiger partial charge in [0.25, 0.3) is 0 Å². The maximum Gasteiger partial charge on any atom is 0.306 e. The topological polar surface area (TPSA) is 78.9 Å². The average Bonchev–Trinajstić information content (AvgIpc) is 3.41. The summed E-state index contributed by atoms with van der Waals surface area (Å²) >= 11 is 0. The Kier molecular flexibility index (Phi) is 56.6. The minimum absolute atomic E-state index is 0.158. The minimum Gasteiger partial charge on any atom is -0.462 e. The molecule has 0 heterocycles. The van der Waals surface area contributed by atoms with Crippen LogP contribution in [0, 0.1) is 0 Å². The Balaban J connectivity index is 4.71. The lowest BCUT2D eigenvalue weighted by atomic mass is 10.1. The van der Waals surface area contributed by atoms with E-state index in [0.717, 1.165) is 103 Å². The molecule has 0 aromatic carbocycles. The summed E-state index contributed by atoms with van der Waals surface area (Å²) in [4.78, 5) is 38.1. The molecule has 416 valence electrons. The van der Waals surface area contributed by atoms with Crippen molar-refractivity contribution in [3.8, 4) is 0 Å². The van der Waals surface area contributed by atoms with E-state index in [2.05, 4.69) is 179 Å². The fourth-order valence-electron chi connectivity index (χ4n) is 7.02. The molecule has 1 atom stereocenters. The summed E-state index contributed by atoms with van der Waals surface area (Å²) in [6, 6.07) is 0. The summed E-state index contributed by atoms with van der Waals surface area (Å²) in [5.41, 5.74) is 0. The zero-order valence-corrected chi connectivity index (χ0v) is 47.5. The molecule has 0 radical (unpaired) electrons. The molecule has 0 saturated heterocycles. The predicted octanol–water partition coefficient (Wildman–Crippen LogP) is 20.1. The van der Waals surface area contributed by atoms with Gasteiger partial charge in [-0.3, -0.25) is 14.4 Å². The fraction of sp³-hybridized carbons (Fsp3) is 0.522. The zero-order chi connectivity index (χ0) is 54.3. The normalized spacial score (nSPS) is 13.5. The van der Waals surface area contributed by atoms with Crippen molar-refractivity contribution in [2.45, 2.75) is 219 Å². The van der Waals surface area contributed by atoms with Gasteiger partial charge in [0.1, 0.15) is 13.2 Å². The fourth-order valence-corrected chi connectivity index (χ4v) is 7.02. The Hall–Kier alpha value is -5.49. The number of carbonyl (C=O) groups excluding carboxylic acids is 3. The number of carbonyl (C=O) groups is 3. The van der Waals surface area contributed by atoms with Crippen LogP contribution in [0.4, 0.5) is 0 Å². The molecule has 0 fully saturated rings. The maximum absolute atomic E-state index is 12.8. The lowest BCUT2D eigenvalue weighted by Crippen LogP contribution is -2.30. The Labute approximate surface area is 459 Å². The van der Waals surface area contributed by atoms with Crippen LogP contribution in [0.2, 0.25) is 0 Å². The van der Waals surface area contributed by atoms with Gasteiger partial charge >= 0.3 is 17.9 Å². The van der Waals surface area contributed by atoms with Gasteiger partial charge in [-0.25, -0.2) is 0 Å². The van der Waals surface area contributed by atoms with Crippen LogP contribution in [0.1, 0.15) is 213 Å². The van der Waals surface area contributed by atoms with E-state index in [4.69, 9.17) is 14.2 Å². The van der Waals surface area contributed by atoms with Crippen LogP contribution in [0.5, 0.6) is 0 Å². The van der Waals surface area contributed by atoms with E-state index >= 15 is 0 Å². The molecule has 0 N–H and O–H groups in total. The van der Waals surface area contributed by atoms with Crippen LogP contribution < -0.4 is 0 Å². The van der Waals surface area contributed by atoms with Gasteiger partial charge in [0, 0.05) is 19.3 Å². The Morgan fingerprint density at radius 2 is 0.547 bits per heavy atom. The van der Waals surface area contributed by atoms with Crippen LogP contribution in [0.25, 0.3) is 0 Å². The summed E-state index contributed by atoms with van der Waals surface area (Å²) in [5.74, 6) is -1.17. The van der Waals surface area contributed by atoms with Crippen molar-refractivity contribution in [2.24, 2.45) is 0 Å². The second-order valence-corrected chi connectivity index (χ2v) is 18.5. The lowest BCUT2D eigenvalue weighted by molar-refractivity contribution is -0.166. The van der Waals surface area contributed by atoms with Gasteiger partial charge in [0.15, 0.2) is 6.10 Å². The largest absolute Gasteiger partial charge is 0.462 e. The molecule has 0 rings (SSSR count). The standard InChI is InChI=1S/C69H104O6/c1-4-7-10-13-16-19-22-25-28-31-34-37-40-43-46-49-52-55-58-61-67(70)73-64-66(75-69(72)63-60-57-54-51-48-45-42-39-36-33-30-27-24-21-18-15-12-9-6-3)65-74-68(71)62-59-56-53-50-47-44-41-38-35-32-29-26-23-20-17-14-11-8-5-2/h7,10,16-21,25-30,34-39,43-48,53-54,56-57,66H,4-6,8-9,11-15,22-24,31-33,40-42,49-52,55,58-65H2,1-3H3/b10-7-,19-16-,20-17-,21-18-,28-25-,29-26-,30-27-,37-34-,38-35-,39-36-,46-43-,47-44-,48-45-,56-53-,57-54-/t66-/m1/s1. The number of ether oxygens (including phenoxy) is 3. The SMILES string of the molecule is CC/C=C\C/C=C\C/C=C\C/C=C\C/C=C\CCCCCC(=O)OC[C@H](COC(=O)CC/C=C\C/C=C\C/C=C\C/C=C\C/C=C\CCCCC)OC(=O)CC/C=C\C/C=C\C/C=C\C/C=C\C/C=C\CCCCC. The molecule has 75 heavy (non-hydrogen) atoms. The first-order chi connectivity index (χ1) is 37.0. The molecule has 0 aliphatic carbocycles. The summed E-state index contributed by atoms with van der Waals surface area (Å²) in [6.07, 6.45) is 91.9. The monoisotopic (exact) mass is 1030 g/mol. The first-order valence-electron chi connectivity index (χ1n) is 29.3. The third kappa shape index (κ3) is 59.3. The van der Waals surface area contributed by atoms with Crippen molar-refractivity contribution >= 4 is 17.9 Å². The maximum atomic E-state index is 12.8. The predicted molar refractivity (Wildman–Crippen MR) is 324 cm³/mol. The number of esters is 3. The highest BCUT2D eigenvalue weighted by Crippen LogP contribution is 2.09. The summed E-state index contributed by atoms with van der Waals surface area (Å²) in [6.45, 7) is 6.29. The second kappa shape index (κ2) is 61.1. The molecule has 0 unspecified atom stereocenters. The molecule has 0 spiro atoms. The third-order valence-corrected chi connectivity index (χ3v) is 11.4. The first-order valence-corrected chi connectivity index (χ1v) is 29.3. The molecule has 6 heteroatoms. The van der Waals surface area contributed by atoms with Crippen molar-refractivity contribution in [2.75, 3.05) is 13.2 Å². The van der Waals surface area contributed by atoms with Gasteiger partial charge in [-0.15, -0.1) is 0 Å². The van der Waals surface area contributed by atoms with Crippen LogP contribution in [0.3, 0.4) is 0 Å². The van der Waals surface area contributed by atoms with Crippen molar-refractivity contribution in [1.82, 2.24) is 0 Å². The van der Waals surface area contributed by atoms with Gasteiger partial charge in [-0.2, -0.15) is 0 Å².